The molecule has 0 saturated carbocycles. The Morgan fingerprint density at radius 3 is 2.26 bits per heavy atom. The van der Waals surface area contributed by atoms with Gasteiger partial charge in [0.05, 0.1) is 25.2 Å². The smallest absolute Gasteiger partial charge is 0.227 e. The van der Waals surface area contributed by atoms with Crippen molar-refractivity contribution >= 4 is 35.3 Å². The number of fused-ring (bicyclic) bond motifs is 6. The summed E-state index contributed by atoms with van der Waals surface area (Å²) in [5.41, 5.74) is 18.0. The molecule has 296 valence electrons. The summed E-state index contributed by atoms with van der Waals surface area (Å²) in [4.78, 5) is 5.23. The number of furan rings is 1. The van der Waals surface area contributed by atoms with Crippen molar-refractivity contribution in [2.45, 2.75) is 105 Å². The molecule has 1 aliphatic heterocycles. The van der Waals surface area contributed by atoms with Crippen molar-refractivity contribution in [2.24, 2.45) is 13.0 Å². The van der Waals surface area contributed by atoms with Crippen LogP contribution in [0.1, 0.15) is 90.9 Å². The van der Waals surface area contributed by atoms with Crippen molar-refractivity contribution < 1.29 is 13.6 Å². The van der Waals surface area contributed by atoms with Crippen LogP contribution in [0.4, 0.5) is 0 Å². The van der Waals surface area contributed by atoms with E-state index in [1.807, 2.05) is 0 Å². The zero-order valence-corrected chi connectivity index (χ0v) is 37.6. The molecule has 4 aromatic heterocycles. The van der Waals surface area contributed by atoms with Crippen LogP contribution < -0.4 is 14.3 Å². The molecule has 2 unspecified atom stereocenters. The Hall–Kier alpha value is -5.13. The van der Waals surface area contributed by atoms with Crippen LogP contribution in [0.5, 0.6) is 0 Å². The summed E-state index contributed by atoms with van der Waals surface area (Å²) in [5.74, 6) is 1.25. The van der Waals surface area contributed by atoms with Crippen molar-refractivity contribution in [3.05, 3.63) is 143 Å². The first-order valence-electron chi connectivity index (χ1n) is 21.4. The molecule has 5 heteroatoms. The third-order valence-electron chi connectivity index (χ3n) is 12.7. The van der Waals surface area contributed by atoms with Gasteiger partial charge in [-0.2, -0.15) is 4.57 Å². The third kappa shape index (κ3) is 6.95. The minimum atomic E-state index is -1.64. The zero-order valence-electron chi connectivity index (χ0n) is 36.6. The van der Waals surface area contributed by atoms with Gasteiger partial charge in [0, 0.05) is 45.3 Å². The van der Waals surface area contributed by atoms with E-state index in [0.29, 0.717) is 17.5 Å². The molecule has 0 amide bonds. The van der Waals surface area contributed by atoms with Crippen LogP contribution in [0, 0.1) is 26.7 Å². The number of benzene rings is 3. The van der Waals surface area contributed by atoms with E-state index in [9.17, 15) is 0 Å². The van der Waals surface area contributed by atoms with Gasteiger partial charge >= 0.3 is 0 Å². The molecule has 5 heterocycles. The number of aryl methyl sites for hydroxylation is 5. The highest BCUT2D eigenvalue weighted by Crippen LogP contribution is 2.44. The molecule has 3 aromatic carbocycles. The van der Waals surface area contributed by atoms with Gasteiger partial charge in [-0.1, -0.05) is 96.4 Å². The summed E-state index contributed by atoms with van der Waals surface area (Å²) in [6, 6.07) is 29.7. The van der Waals surface area contributed by atoms with Crippen molar-refractivity contribution in [2.75, 3.05) is 0 Å². The summed E-state index contributed by atoms with van der Waals surface area (Å²) >= 11 is 0. The van der Waals surface area contributed by atoms with Gasteiger partial charge in [-0.25, -0.2) is 9.55 Å². The van der Waals surface area contributed by atoms with E-state index in [4.69, 9.17) is 9.40 Å². The number of aromatic nitrogens is 3. The minimum Gasteiger partial charge on any atom is -0.437 e. The van der Waals surface area contributed by atoms with Crippen molar-refractivity contribution in [3.8, 4) is 33.8 Å². The van der Waals surface area contributed by atoms with Gasteiger partial charge in [0.25, 0.3) is 0 Å². The lowest BCUT2D eigenvalue weighted by Crippen LogP contribution is -2.53. The van der Waals surface area contributed by atoms with E-state index >= 15 is 0 Å². The van der Waals surface area contributed by atoms with Crippen LogP contribution in [-0.4, -0.2) is 13.1 Å². The molecule has 0 bridgehead atoms. The van der Waals surface area contributed by atoms with E-state index in [1.54, 1.807) is 5.19 Å². The second kappa shape index (κ2) is 15.2. The first-order chi connectivity index (χ1) is 27.7. The molecule has 58 heavy (non-hydrogen) atoms. The third-order valence-corrected chi connectivity index (χ3v) is 14.8. The van der Waals surface area contributed by atoms with Crippen molar-refractivity contribution in [1.82, 2.24) is 4.98 Å². The molecule has 7 aromatic rings. The van der Waals surface area contributed by atoms with Gasteiger partial charge in [0.15, 0.2) is 24.0 Å². The lowest BCUT2D eigenvalue weighted by Gasteiger charge is -2.31. The molecule has 0 aliphatic carbocycles. The molecule has 4 nitrogen and oxygen atoms in total. The van der Waals surface area contributed by atoms with Gasteiger partial charge in [-0.05, 0) is 115 Å². The van der Waals surface area contributed by atoms with Gasteiger partial charge < -0.3 is 4.42 Å². The largest absolute Gasteiger partial charge is 0.437 e. The lowest BCUT2D eigenvalue weighted by atomic mass is 9.78. The summed E-state index contributed by atoms with van der Waals surface area (Å²) < 4.78 is 11.9. The molecule has 1 aliphatic rings. The van der Waals surface area contributed by atoms with E-state index in [2.05, 4.69) is 188 Å². The highest BCUT2D eigenvalue weighted by Gasteiger charge is 2.40. The first kappa shape index (κ1) is 39.7. The molecular weight excluding hydrogens is 723 g/mol. The standard InChI is InChI=1S/C53H61N3OSi/c1-13-45-42(40-19-14-15-20-41(40)46-30-39(27-32(2)3)48(31-56(45)46)58(10,11)12)22-21-38-28-36(8)50-43-23-24-44(49-34(6)17-16-18-35(49)7)54-53(43)57-52(50)51(38)47-29-37(33(4)5)25-26-55(47)9/h13-20,23-26,28-33,42,45H,1,21-22,27H2,2-12H3/q+2. The SMILES string of the molecule is C=CC1C(CCc2cc(C)c3c(oc4nc(-c5c(C)cccc5C)ccc43)c2-c2cc(C(C)C)cc[n+]2C)c2ccccc2-c2cc(CC(C)C)c([Si](C)(C)C)c[n+]21. The van der Waals surface area contributed by atoms with Crippen LogP contribution in [0.15, 0.2) is 108 Å². The molecule has 0 N–H and O–H groups in total. The average Bonchev–Trinajstić information content (AvgIpc) is 3.55. The monoisotopic (exact) mass is 783 g/mol. The molecule has 8 rings (SSSR count). The van der Waals surface area contributed by atoms with Crippen LogP contribution in [-0.2, 0) is 19.9 Å². The van der Waals surface area contributed by atoms with E-state index in [1.165, 1.54) is 67.0 Å². The number of nitrogens with zero attached hydrogens (tertiary/aromatic N) is 3. The molecule has 0 saturated heterocycles. The van der Waals surface area contributed by atoms with Crippen LogP contribution in [0.3, 0.4) is 0 Å². The van der Waals surface area contributed by atoms with Crippen LogP contribution >= 0.6 is 0 Å². The quantitative estimate of drug-likeness (QED) is 0.0786. The number of hydrogen-bond donors (Lipinski definition) is 0. The van der Waals surface area contributed by atoms with E-state index in [0.717, 1.165) is 41.3 Å². The normalized spacial score (nSPS) is 15.4. The fraction of sp³-hybridized carbons (Fsp3) is 0.340. The summed E-state index contributed by atoms with van der Waals surface area (Å²) in [6.45, 7) is 27.8. The van der Waals surface area contributed by atoms with Crippen LogP contribution in [0.25, 0.3) is 55.8 Å². The van der Waals surface area contributed by atoms with E-state index in [-0.39, 0.29) is 12.0 Å². The topological polar surface area (TPSA) is 33.8 Å². The second-order valence-corrected chi connectivity index (χ2v) is 23.8. The van der Waals surface area contributed by atoms with Crippen molar-refractivity contribution in [1.29, 1.82) is 0 Å². The highest BCUT2D eigenvalue weighted by atomic mass is 28.3. The number of allylic oxidation sites excluding steroid dienone is 1. The highest BCUT2D eigenvalue weighted by molar-refractivity contribution is 6.89. The van der Waals surface area contributed by atoms with Gasteiger partial charge in [0.1, 0.15) is 7.05 Å². The van der Waals surface area contributed by atoms with Gasteiger partial charge in [0.2, 0.25) is 17.1 Å². The molecule has 0 radical (unpaired) electrons. The Kier molecular flexibility index (Phi) is 10.4. The maximum absolute atomic E-state index is 7.04. The van der Waals surface area contributed by atoms with E-state index < -0.39 is 8.07 Å². The molecule has 0 fully saturated rings. The summed E-state index contributed by atoms with van der Waals surface area (Å²) in [5, 5.41) is 3.78. The lowest BCUT2D eigenvalue weighted by molar-refractivity contribution is -0.706. The number of rotatable bonds is 10. The predicted octanol–water partition coefficient (Wildman–Crippen LogP) is 12.3. The maximum atomic E-state index is 7.04. The fourth-order valence-electron chi connectivity index (χ4n) is 9.83. The Bertz CT molecular complexity index is 2710. The Balaban J connectivity index is 1.30. The predicted molar refractivity (Wildman–Crippen MR) is 246 cm³/mol. The summed E-state index contributed by atoms with van der Waals surface area (Å²) in [7, 11) is 0.521. The average molecular weight is 784 g/mol. The minimum absolute atomic E-state index is 0.139. The number of hydrogen-bond acceptors (Lipinski definition) is 2. The Morgan fingerprint density at radius 1 is 0.828 bits per heavy atom. The van der Waals surface area contributed by atoms with Gasteiger partial charge in [-0.3, -0.25) is 0 Å². The van der Waals surface area contributed by atoms with Gasteiger partial charge in [-0.15, -0.1) is 0 Å². The maximum Gasteiger partial charge on any atom is 0.227 e. The second-order valence-electron chi connectivity index (χ2n) is 18.8. The molecule has 2 atom stereocenters. The molecular formula is C53H61N3OSi+2. The Morgan fingerprint density at radius 2 is 1.57 bits per heavy atom. The number of pyridine rings is 3. The van der Waals surface area contributed by atoms with Crippen LogP contribution in [0.2, 0.25) is 19.6 Å². The fourth-order valence-corrected chi connectivity index (χ4v) is 11.5. The zero-order chi connectivity index (χ0) is 41.2. The first-order valence-corrected chi connectivity index (χ1v) is 24.9. The Labute approximate surface area is 347 Å². The molecule has 0 spiro atoms. The summed E-state index contributed by atoms with van der Waals surface area (Å²) in [6.07, 6.45) is 9.91. The van der Waals surface area contributed by atoms with Crippen molar-refractivity contribution in [3.63, 3.8) is 0 Å².